The monoisotopic (exact) mass is 408 g/mol. The molecule has 0 radical (unpaired) electrons. The summed E-state index contributed by atoms with van der Waals surface area (Å²) in [6, 6.07) is 4.42. The molecule has 0 N–H and O–H groups in total. The van der Waals surface area contributed by atoms with E-state index in [2.05, 4.69) is 10.1 Å². The van der Waals surface area contributed by atoms with Crippen LogP contribution in [0.3, 0.4) is 0 Å². The number of hydrogen-bond donors (Lipinski definition) is 0. The van der Waals surface area contributed by atoms with Crippen molar-refractivity contribution in [1.29, 1.82) is 0 Å². The summed E-state index contributed by atoms with van der Waals surface area (Å²) in [5.41, 5.74) is 0.562. The predicted molar refractivity (Wildman–Crippen MR) is 97.6 cm³/mol. The summed E-state index contributed by atoms with van der Waals surface area (Å²) in [7, 11) is -3.55. The molecule has 6 nitrogen and oxygen atoms in total. The van der Waals surface area contributed by atoms with Gasteiger partial charge in [-0.2, -0.15) is 0 Å². The van der Waals surface area contributed by atoms with E-state index in [1.165, 1.54) is 23.5 Å². The quantitative estimate of drug-likeness (QED) is 0.593. The molecule has 0 amide bonds. The molecular formula is C17H13ClN2O4S2. The SMILES string of the molecule is CS(=O)(=O)c1ccc(C(=O)c2cc(C3CC3)on2)c(Cl)c1-c1nccs1. The molecule has 3 aromatic rings. The zero-order valence-corrected chi connectivity index (χ0v) is 16.0. The van der Waals surface area contributed by atoms with Gasteiger partial charge >= 0.3 is 0 Å². The number of halogens is 1. The maximum absolute atomic E-state index is 12.8. The van der Waals surface area contributed by atoms with Crippen LogP contribution >= 0.6 is 22.9 Å². The predicted octanol–water partition coefficient (Wildman–Crippen LogP) is 3.96. The highest BCUT2D eigenvalue weighted by Crippen LogP contribution is 2.41. The largest absolute Gasteiger partial charge is 0.360 e. The van der Waals surface area contributed by atoms with Gasteiger partial charge in [0.2, 0.25) is 5.78 Å². The first kappa shape index (κ1) is 17.4. The Labute approximate surface area is 158 Å². The van der Waals surface area contributed by atoms with Gasteiger partial charge in [-0.05, 0) is 25.0 Å². The molecule has 0 spiro atoms. The number of thiazole rings is 1. The number of aromatic nitrogens is 2. The topological polar surface area (TPSA) is 90.1 Å². The van der Waals surface area contributed by atoms with Crippen molar-refractivity contribution in [2.75, 3.05) is 6.26 Å². The van der Waals surface area contributed by atoms with E-state index in [-0.39, 0.29) is 26.7 Å². The summed E-state index contributed by atoms with van der Waals surface area (Å²) < 4.78 is 29.5. The Morgan fingerprint density at radius 2 is 2.12 bits per heavy atom. The normalized spacial score (nSPS) is 14.5. The third kappa shape index (κ3) is 3.08. The average molecular weight is 409 g/mol. The number of benzene rings is 1. The van der Waals surface area contributed by atoms with Crippen LogP contribution < -0.4 is 0 Å². The third-order valence-corrected chi connectivity index (χ3v) is 6.46. The van der Waals surface area contributed by atoms with Gasteiger partial charge in [0.25, 0.3) is 0 Å². The van der Waals surface area contributed by atoms with Crippen molar-refractivity contribution in [2.24, 2.45) is 0 Å². The van der Waals surface area contributed by atoms with Crippen molar-refractivity contribution in [3.05, 3.63) is 51.8 Å². The smallest absolute Gasteiger partial charge is 0.216 e. The van der Waals surface area contributed by atoms with Crippen LogP contribution in [0.4, 0.5) is 0 Å². The molecule has 9 heteroatoms. The number of hydrogen-bond acceptors (Lipinski definition) is 7. The molecule has 2 aromatic heterocycles. The maximum Gasteiger partial charge on any atom is 0.216 e. The van der Waals surface area contributed by atoms with Crippen LogP contribution in [0, 0.1) is 0 Å². The molecular weight excluding hydrogens is 396 g/mol. The molecule has 0 aliphatic heterocycles. The summed E-state index contributed by atoms with van der Waals surface area (Å²) in [6.07, 6.45) is 4.70. The van der Waals surface area contributed by atoms with Crippen LogP contribution in [-0.2, 0) is 9.84 Å². The molecule has 26 heavy (non-hydrogen) atoms. The first-order valence-corrected chi connectivity index (χ1v) is 10.9. The molecule has 4 rings (SSSR count). The van der Waals surface area contributed by atoms with Crippen molar-refractivity contribution in [2.45, 2.75) is 23.7 Å². The van der Waals surface area contributed by atoms with Gasteiger partial charge in [-0.1, -0.05) is 16.8 Å². The minimum atomic E-state index is -3.55. The highest BCUT2D eigenvalue weighted by atomic mass is 35.5. The number of nitrogens with zero attached hydrogens (tertiary/aromatic N) is 2. The molecule has 0 saturated heterocycles. The van der Waals surface area contributed by atoms with Gasteiger partial charge in [0.15, 0.2) is 15.5 Å². The minimum Gasteiger partial charge on any atom is -0.360 e. The van der Waals surface area contributed by atoms with Crippen molar-refractivity contribution in [1.82, 2.24) is 10.1 Å². The van der Waals surface area contributed by atoms with Crippen LogP contribution in [-0.4, -0.2) is 30.6 Å². The Bertz CT molecular complexity index is 1100. The molecule has 1 fully saturated rings. The Kier molecular flexibility index (Phi) is 4.21. The molecule has 1 aliphatic carbocycles. The van der Waals surface area contributed by atoms with E-state index < -0.39 is 15.6 Å². The first-order valence-electron chi connectivity index (χ1n) is 7.80. The van der Waals surface area contributed by atoms with Crippen LogP contribution in [0.1, 0.15) is 40.6 Å². The zero-order valence-electron chi connectivity index (χ0n) is 13.6. The van der Waals surface area contributed by atoms with Crippen molar-refractivity contribution in [3.63, 3.8) is 0 Å². The molecule has 0 atom stereocenters. The lowest BCUT2D eigenvalue weighted by Gasteiger charge is -2.11. The summed E-state index contributed by atoms with van der Waals surface area (Å²) in [5, 5.41) is 6.04. The molecule has 1 saturated carbocycles. The lowest BCUT2D eigenvalue weighted by Crippen LogP contribution is -2.07. The third-order valence-electron chi connectivity index (χ3n) is 4.13. The number of carbonyl (C=O) groups excluding carboxylic acids is 1. The van der Waals surface area contributed by atoms with Crippen molar-refractivity contribution in [3.8, 4) is 10.6 Å². The average Bonchev–Trinajstić information content (AvgIpc) is 3.10. The van der Waals surface area contributed by atoms with Crippen LogP contribution in [0.15, 0.2) is 39.2 Å². The van der Waals surface area contributed by atoms with Crippen LogP contribution in [0.5, 0.6) is 0 Å². The fourth-order valence-electron chi connectivity index (χ4n) is 2.68. The maximum atomic E-state index is 12.8. The van der Waals surface area contributed by atoms with E-state index in [1.807, 2.05) is 0 Å². The summed E-state index contributed by atoms with van der Waals surface area (Å²) in [5.74, 6) is 0.610. The lowest BCUT2D eigenvalue weighted by atomic mass is 10.0. The molecule has 134 valence electrons. The number of carbonyl (C=O) groups is 1. The van der Waals surface area contributed by atoms with E-state index in [9.17, 15) is 13.2 Å². The van der Waals surface area contributed by atoms with Crippen molar-refractivity contribution < 1.29 is 17.7 Å². The van der Waals surface area contributed by atoms with E-state index in [1.54, 1.807) is 17.6 Å². The van der Waals surface area contributed by atoms with Gasteiger partial charge in [0.05, 0.1) is 9.92 Å². The van der Waals surface area contributed by atoms with Gasteiger partial charge in [-0.25, -0.2) is 13.4 Å². The second-order valence-corrected chi connectivity index (χ2v) is 9.38. The van der Waals surface area contributed by atoms with Gasteiger partial charge in [-0.3, -0.25) is 4.79 Å². The minimum absolute atomic E-state index is 0.0350. The van der Waals surface area contributed by atoms with E-state index in [0.717, 1.165) is 19.1 Å². The fraction of sp³-hybridized carbons (Fsp3) is 0.235. The fourth-order valence-corrected chi connectivity index (χ4v) is 4.79. The Morgan fingerprint density at radius 1 is 1.35 bits per heavy atom. The first-order chi connectivity index (χ1) is 12.4. The molecule has 1 aromatic carbocycles. The van der Waals surface area contributed by atoms with E-state index in [4.69, 9.17) is 16.1 Å². The van der Waals surface area contributed by atoms with E-state index in [0.29, 0.717) is 16.7 Å². The molecule has 1 aliphatic rings. The van der Waals surface area contributed by atoms with Crippen LogP contribution in [0.2, 0.25) is 5.02 Å². The zero-order chi connectivity index (χ0) is 18.5. The van der Waals surface area contributed by atoms with Gasteiger partial charge in [-0.15, -0.1) is 11.3 Å². The standard InChI is InChI=1S/C17H13ClN2O4S2/c1-26(22,23)13-5-4-10(15(18)14(13)17-19-6-7-25-17)16(21)11-8-12(24-20-11)9-2-3-9/h4-9H,2-3H2,1H3. The van der Waals surface area contributed by atoms with Crippen LogP contribution in [0.25, 0.3) is 10.6 Å². The summed E-state index contributed by atoms with van der Waals surface area (Å²) in [6.45, 7) is 0. The second kappa shape index (κ2) is 6.29. The summed E-state index contributed by atoms with van der Waals surface area (Å²) in [4.78, 5) is 17.0. The molecule has 0 unspecified atom stereocenters. The molecule has 2 heterocycles. The van der Waals surface area contributed by atoms with Crippen molar-refractivity contribution >= 4 is 38.6 Å². The lowest BCUT2D eigenvalue weighted by molar-refractivity contribution is 0.103. The summed E-state index contributed by atoms with van der Waals surface area (Å²) >= 11 is 7.71. The van der Waals surface area contributed by atoms with Gasteiger partial charge in [0.1, 0.15) is 10.8 Å². The number of rotatable bonds is 5. The Morgan fingerprint density at radius 3 is 2.73 bits per heavy atom. The number of sulfone groups is 1. The Balaban J connectivity index is 1.84. The highest BCUT2D eigenvalue weighted by Gasteiger charge is 2.30. The Hall–Kier alpha value is -2.03. The number of ketones is 1. The second-order valence-electron chi connectivity index (χ2n) is 6.13. The highest BCUT2D eigenvalue weighted by molar-refractivity contribution is 7.90. The van der Waals surface area contributed by atoms with E-state index >= 15 is 0 Å². The molecule has 0 bridgehead atoms. The van der Waals surface area contributed by atoms with Gasteiger partial charge < -0.3 is 4.52 Å². The van der Waals surface area contributed by atoms with Gasteiger partial charge in [0, 0.05) is 40.9 Å².